The predicted octanol–water partition coefficient (Wildman–Crippen LogP) is 2.71. The van der Waals surface area contributed by atoms with Gasteiger partial charge in [-0.2, -0.15) is 0 Å². The van der Waals surface area contributed by atoms with E-state index in [2.05, 4.69) is 0 Å². The van der Waals surface area contributed by atoms with E-state index >= 15 is 0 Å². The van der Waals surface area contributed by atoms with Crippen LogP contribution in [-0.4, -0.2) is 29.4 Å². The standard InChI is InChI=1S/C16H24O5/c1-14(2,3)21-13(18)16-10-7-11(19-12(16)17)20-15(16)8-5-4-6-9-15/h11H,4-10H2,1-3H3/t11-,16+/m0/s1. The third-order valence-electron chi connectivity index (χ3n) is 4.89. The zero-order chi connectivity index (χ0) is 15.3. The van der Waals surface area contributed by atoms with Crippen LogP contribution in [0.25, 0.3) is 0 Å². The molecule has 3 heterocycles. The Bertz CT molecular complexity index is 458. The smallest absolute Gasteiger partial charge is 0.328 e. The summed E-state index contributed by atoms with van der Waals surface area (Å²) >= 11 is 0. The quantitative estimate of drug-likeness (QED) is 0.550. The normalized spacial score (nSPS) is 34.6. The van der Waals surface area contributed by atoms with E-state index in [-0.39, 0.29) is 0 Å². The lowest BCUT2D eigenvalue weighted by Crippen LogP contribution is -2.69. The van der Waals surface area contributed by atoms with Crippen LogP contribution in [0.5, 0.6) is 0 Å². The fourth-order valence-electron chi connectivity index (χ4n) is 3.97. The Kier molecular flexibility index (Phi) is 3.32. The summed E-state index contributed by atoms with van der Waals surface area (Å²) in [6.45, 7) is 5.45. The summed E-state index contributed by atoms with van der Waals surface area (Å²) in [6.07, 6.45) is 5.11. The molecule has 1 spiro atoms. The van der Waals surface area contributed by atoms with Gasteiger partial charge in [0, 0.05) is 6.42 Å². The molecular weight excluding hydrogens is 272 g/mol. The van der Waals surface area contributed by atoms with Crippen molar-refractivity contribution in [1.82, 2.24) is 0 Å². The Morgan fingerprint density at radius 1 is 1.19 bits per heavy atom. The van der Waals surface area contributed by atoms with Gasteiger partial charge in [-0.15, -0.1) is 0 Å². The second-order valence-electron chi connectivity index (χ2n) is 7.45. The maximum Gasteiger partial charge on any atom is 0.328 e. The average Bonchev–Trinajstić information content (AvgIpc) is 2.37. The number of hydrogen-bond acceptors (Lipinski definition) is 5. The SMILES string of the molecule is CC(C)(C)OC(=O)[C@@]12CC[C@@H](OC1=O)OC21CCCCC1. The number of hydrogen-bond donors (Lipinski definition) is 0. The molecule has 1 saturated carbocycles. The number of carbonyl (C=O) groups is 2. The van der Waals surface area contributed by atoms with E-state index in [1.165, 1.54) is 0 Å². The minimum atomic E-state index is -1.27. The van der Waals surface area contributed by atoms with Crippen molar-refractivity contribution in [2.45, 2.75) is 83.2 Å². The Morgan fingerprint density at radius 3 is 2.43 bits per heavy atom. The highest BCUT2D eigenvalue weighted by molar-refractivity contribution is 6.02. The molecule has 21 heavy (non-hydrogen) atoms. The van der Waals surface area contributed by atoms with Gasteiger partial charge in [0.05, 0.1) is 5.60 Å². The Labute approximate surface area is 125 Å². The first-order valence-electron chi connectivity index (χ1n) is 7.92. The number of fused-ring (bicyclic) bond motifs is 2. The van der Waals surface area contributed by atoms with Crippen LogP contribution < -0.4 is 0 Å². The van der Waals surface area contributed by atoms with Crippen LogP contribution in [0.1, 0.15) is 65.7 Å². The molecule has 2 bridgehead atoms. The van der Waals surface area contributed by atoms with E-state index in [1.54, 1.807) is 0 Å². The van der Waals surface area contributed by atoms with E-state index in [4.69, 9.17) is 14.2 Å². The van der Waals surface area contributed by atoms with E-state index in [1.807, 2.05) is 20.8 Å². The number of rotatable bonds is 1. The maximum atomic E-state index is 12.9. The lowest BCUT2D eigenvalue weighted by atomic mass is 9.60. The molecule has 0 amide bonds. The second-order valence-corrected chi connectivity index (χ2v) is 7.45. The molecule has 0 N–H and O–H groups in total. The first kappa shape index (κ1) is 14.8. The molecule has 1 aliphatic carbocycles. The molecule has 0 aromatic carbocycles. The predicted molar refractivity (Wildman–Crippen MR) is 74.3 cm³/mol. The molecule has 5 heteroatoms. The van der Waals surface area contributed by atoms with E-state index in [9.17, 15) is 9.59 Å². The van der Waals surface area contributed by atoms with Crippen molar-refractivity contribution in [2.24, 2.45) is 5.41 Å². The monoisotopic (exact) mass is 296 g/mol. The van der Waals surface area contributed by atoms with Gasteiger partial charge in [0.1, 0.15) is 5.60 Å². The summed E-state index contributed by atoms with van der Waals surface area (Å²) in [5.41, 5.74) is -2.61. The third kappa shape index (κ3) is 2.17. The molecule has 118 valence electrons. The minimum Gasteiger partial charge on any atom is -0.459 e. The molecule has 0 unspecified atom stereocenters. The molecule has 0 aromatic rings. The molecule has 2 atom stereocenters. The first-order chi connectivity index (χ1) is 9.79. The van der Waals surface area contributed by atoms with Gasteiger partial charge < -0.3 is 14.2 Å². The van der Waals surface area contributed by atoms with Gasteiger partial charge >= 0.3 is 11.9 Å². The van der Waals surface area contributed by atoms with Crippen LogP contribution in [0.3, 0.4) is 0 Å². The molecule has 5 nitrogen and oxygen atoms in total. The Hall–Kier alpha value is -1.10. The molecule has 3 saturated heterocycles. The van der Waals surface area contributed by atoms with Crippen LogP contribution >= 0.6 is 0 Å². The lowest BCUT2D eigenvalue weighted by molar-refractivity contribution is -0.322. The lowest BCUT2D eigenvalue weighted by Gasteiger charge is -2.57. The zero-order valence-electron chi connectivity index (χ0n) is 13.1. The highest BCUT2D eigenvalue weighted by Crippen LogP contribution is 2.57. The van der Waals surface area contributed by atoms with E-state index in [0.717, 1.165) is 32.1 Å². The van der Waals surface area contributed by atoms with Gasteiger partial charge in [0.2, 0.25) is 6.29 Å². The second kappa shape index (κ2) is 4.70. The van der Waals surface area contributed by atoms with Crippen LogP contribution in [0, 0.1) is 5.41 Å². The van der Waals surface area contributed by atoms with Crippen LogP contribution in [0.4, 0.5) is 0 Å². The minimum absolute atomic E-state index is 0.443. The molecular formula is C16H24O5. The summed E-state index contributed by atoms with van der Waals surface area (Å²) in [6, 6.07) is 0. The molecule has 4 rings (SSSR count). The van der Waals surface area contributed by atoms with Crippen LogP contribution in [0.2, 0.25) is 0 Å². The fraction of sp³-hybridized carbons (Fsp3) is 0.875. The van der Waals surface area contributed by atoms with Crippen molar-refractivity contribution in [3.05, 3.63) is 0 Å². The van der Waals surface area contributed by atoms with Crippen molar-refractivity contribution < 1.29 is 23.8 Å². The van der Waals surface area contributed by atoms with Gasteiger partial charge in [-0.3, -0.25) is 9.59 Å². The van der Waals surface area contributed by atoms with Crippen LogP contribution in [0.15, 0.2) is 0 Å². The summed E-state index contributed by atoms with van der Waals surface area (Å²) < 4.78 is 16.9. The van der Waals surface area contributed by atoms with Crippen molar-refractivity contribution in [3.63, 3.8) is 0 Å². The van der Waals surface area contributed by atoms with E-state index < -0.39 is 34.8 Å². The Morgan fingerprint density at radius 2 is 1.86 bits per heavy atom. The molecule has 4 fully saturated rings. The van der Waals surface area contributed by atoms with E-state index in [0.29, 0.717) is 12.8 Å². The highest BCUT2D eigenvalue weighted by Gasteiger charge is 2.71. The summed E-state index contributed by atoms with van der Waals surface area (Å²) in [7, 11) is 0. The topological polar surface area (TPSA) is 61.8 Å². The third-order valence-corrected chi connectivity index (χ3v) is 4.89. The van der Waals surface area contributed by atoms with Gasteiger partial charge in [0.25, 0.3) is 0 Å². The maximum absolute atomic E-state index is 12.9. The van der Waals surface area contributed by atoms with Gasteiger partial charge in [0.15, 0.2) is 5.41 Å². The number of ether oxygens (including phenoxy) is 3. The van der Waals surface area contributed by atoms with Gasteiger partial charge in [-0.05, 0) is 40.0 Å². The molecule has 3 aliphatic heterocycles. The zero-order valence-corrected chi connectivity index (χ0v) is 13.1. The number of esters is 2. The summed E-state index contributed by atoms with van der Waals surface area (Å²) in [5, 5.41) is 0. The van der Waals surface area contributed by atoms with Crippen LogP contribution in [-0.2, 0) is 23.8 Å². The fourth-order valence-corrected chi connectivity index (χ4v) is 3.97. The average molecular weight is 296 g/mol. The van der Waals surface area contributed by atoms with Crippen molar-refractivity contribution in [2.75, 3.05) is 0 Å². The van der Waals surface area contributed by atoms with Gasteiger partial charge in [-0.1, -0.05) is 19.3 Å². The summed E-state index contributed by atoms with van der Waals surface area (Å²) in [5.74, 6) is -0.916. The highest BCUT2D eigenvalue weighted by atomic mass is 16.7. The number of carbonyl (C=O) groups excluding carboxylic acids is 2. The molecule has 4 aliphatic rings. The van der Waals surface area contributed by atoms with Gasteiger partial charge in [-0.25, -0.2) is 0 Å². The van der Waals surface area contributed by atoms with Crippen molar-refractivity contribution in [1.29, 1.82) is 0 Å². The van der Waals surface area contributed by atoms with Crippen molar-refractivity contribution in [3.8, 4) is 0 Å². The largest absolute Gasteiger partial charge is 0.459 e. The summed E-state index contributed by atoms with van der Waals surface area (Å²) in [4.78, 5) is 25.4. The molecule has 0 aromatic heterocycles. The Balaban J connectivity index is 2.00. The van der Waals surface area contributed by atoms with Crippen molar-refractivity contribution >= 4 is 11.9 Å². The first-order valence-corrected chi connectivity index (χ1v) is 7.92. The molecule has 0 radical (unpaired) electrons.